The topological polar surface area (TPSA) is 52.6 Å². The Kier molecular flexibility index (Phi) is 5.93. The van der Waals surface area contributed by atoms with Crippen LogP contribution in [0.5, 0.6) is 0 Å². The minimum atomic E-state index is -0.881. The van der Waals surface area contributed by atoms with Crippen LogP contribution in [0.25, 0.3) is 0 Å². The van der Waals surface area contributed by atoms with Crippen LogP contribution in [0.4, 0.5) is 4.79 Å². The Hall–Kier alpha value is -0.770. The van der Waals surface area contributed by atoms with E-state index in [2.05, 4.69) is 5.43 Å². The zero-order valence-electron chi connectivity index (χ0n) is 12.0. The van der Waals surface area contributed by atoms with Crippen LogP contribution >= 0.6 is 0 Å². The average molecular weight is 256 g/mol. The van der Waals surface area contributed by atoms with E-state index in [1.807, 2.05) is 20.8 Å². The van der Waals surface area contributed by atoms with Crippen LogP contribution in [-0.2, 0) is 0 Å². The van der Waals surface area contributed by atoms with Gasteiger partial charge in [0.1, 0.15) is 0 Å². The fourth-order valence-corrected chi connectivity index (χ4v) is 2.62. The van der Waals surface area contributed by atoms with Crippen molar-refractivity contribution in [2.24, 2.45) is 5.92 Å². The van der Waals surface area contributed by atoms with Gasteiger partial charge in [0, 0.05) is 12.1 Å². The maximum absolute atomic E-state index is 11.1. The summed E-state index contributed by atoms with van der Waals surface area (Å²) in [4.78, 5) is 11.1. The number of nitrogens with zero attached hydrogens (tertiary/aromatic N) is 1. The largest absolute Gasteiger partial charge is 0.464 e. The second-order valence-corrected chi connectivity index (χ2v) is 6.44. The van der Waals surface area contributed by atoms with Crippen LogP contribution in [0.1, 0.15) is 65.7 Å². The van der Waals surface area contributed by atoms with Crippen LogP contribution in [-0.4, -0.2) is 28.3 Å². The second-order valence-electron chi connectivity index (χ2n) is 6.44. The third-order valence-corrected chi connectivity index (χ3v) is 3.42. The summed E-state index contributed by atoms with van der Waals surface area (Å²) in [6.07, 6.45) is 7.99. The number of hydrogen-bond donors (Lipinski definition) is 2. The van der Waals surface area contributed by atoms with E-state index in [-0.39, 0.29) is 5.54 Å². The lowest BCUT2D eigenvalue weighted by atomic mass is 9.86. The molecule has 1 saturated carbocycles. The molecule has 0 saturated heterocycles. The van der Waals surface area contributed by atoms with Crippen LogP contribution < -0.4 is 5.43 Å². The molecule has 1 fully saturated rings. The fourth-order valence-electron chi connectivity index (χ4n) is 2.62. The zero-order valence-corrected chi connectivity index (χ0v) is 12.0. The van der Waals surface area contributed by atoms with E-state index in [4.69, 9.17) is 5.11 Å². The van der Waals surface area contributed by atoms with Crippen molar-refractivity contribution in [3.05, 3.63) is 0 Å². The van der Waals surface area contributed by atoms with E-state index in [1.165, 1.54) is 37.1 Å². The number of carboxylic acid groups (broad SMARTS) is 1. The van der Waals surface area contributed by atoms with Crippen molar-refractivity contribution in [1.82, 2.24) is 10.4 Å². The smallest absolute Gasteiger partial charge is 0.421 e. The van der Waals surface area contributed by atoms with Gasteiger partial charge in [0.2, 0.25) is 0 Å². The number of hydrogen-bond acceptors (Lipinski definition) is 2. The molecule has 4 heteroatoms. The molecular weight excluding hydrogens is 228 g/mol. The van der Waals surface area contributed by atoms with Crippen molar-refractivity contribution in [2.75, 3.05) is 6.54 Å². The SMILES string of the molecule is CC(C)(C)NN(CCCC1CCCCC1)C(=O)O. The molecule has 1 aliphatic carbocycles. The van der Waals surface area contributed by atoms with E-state index in [9.17, 15) is 4.79 Å². The summed E-state index contributed by atoms with van der Waals surface area (Å²) in [5.41, 5.74) is 2.82. The Morgan fingerprint density at radius 1 is 1.28 bits per heavy atom. The van der Waals surface area contributed by atoms with Gasteiger partial charge >= 0.3 is 6.09 Å². The summed E-state index contributed by atoms with van der Waals surface area (Å²) < 4.78 is 0. The summed E-state index contributed by atoms with van der Waals surface area (Å²) in [5, 5.41) is 10.5. The number of carbonyl (C=O) groups is 1. The first-order valence-corrected chi connectivity index (χ1v) is 7.17. The Morgan fingerprint density at radius 2 is 1.89 bits per heavy atom. The molecule has 0 atom stereocenters. The lowest BCUT2D eigenvalue weighted by molar-refractivity contribution is 0.0932. The molecule has 1 rings (SSSR count). The van der Waals surface area contributed by atoms with Crippen molar-refractivity contribution in [2.45, 2.75) is 71.3 Å². The van der Waals surface area contributed by atoms with Gasteiger partial charge in [-0.05, 0) is 39.5 Å². The van der Waals surface area contributed by atoms with Crippen LogP contribution in [0.15, 0.2) is 0 Å². The number of hydrazine groups is 1. The summed E-state index contributed by atoms with van der Waals surface area (Å²) in [5.74, 6) is 0.823. The van der Waals surface area contributed by atoms with E-state index in [0.717, 1.165) is 18.8 Å². The molecule has 0 bridgehead atoms. The molecule has 106 valence electrons. The van der Waals surface area contributed by atoms with Gasteiger partial charge in [0.25, 0.3) is 0 Å². The van der Waals surface area contributed by atoms with E-state index < -0.39 is 6.09 Å². The van der Waals surface area contributed by atoms with Gasteiger partial charge in [0.05, 0.1) is 0 Å². The highest BCUT2D eigenvalue weighted by molar-refractivity contribution is 5.64. The van der Waals surface area contributed by atoms with Gasteiger partial charge in [-0.2, -0.15) is 0 Å². The number of amides is 1. The molecule has 1 aliphatic rings. The zero-order chi connectivity index (χ0) is 13.6. The molecule has 0 aromatic carbocycles. The molecule has 0 unspecified atom stereocenters. The van der Waals surface area contributed by atoms with Gasteiger partial charge in [0.15, 0.2) is 0 Å². The Morgan fingerprint density at radius 3 is 2.39 bits per heavy atom. The average Bonchev–Trinajstić information content (AvgIpc) is 2.27. The van der Waals surface area contributed by atoms with Crippen molar-refractivity contribution < 1.29 is 9.90 Å². The minimum absolute atomic E-state index is 0.205. The number of rotatable bonds is 5. The molecule has 0 radical (unpaired) electrons. The predicted octanol–water partition coefficient (Wildman–Crippen LogP) is 3.63. The van der Waals surface area contributed by atoms with Crippen LogP contribution in [0, 0.1) is 5.92 Å². The summed E-state index contributed by atoms with van der Waals surface area (Å²) in [7, 11) is 0. The molecule has 0 aromatic rings. The van der Waals surface area contributed by atoms with Crippen molar-refractivity contribution in [3.63, 3.8) is 0 Å². The highest BCUT2D eigenvalue weighted by Gasteiger charge is 2.20. The monoisotopic (exact) mass is 256 g/mol. The molecule has 0 heterocycles. The Balaban J connectivity index is 2.26. The van der Waals surface area contributed by atoms with Crippen molar-refractivity contribution >= 4 is 6.09 Å². The highest BCUT2D eigenvalue weighted by atomic mass is 16.4. The lowest BCUT2D eigenvalue weighted by Crippen LogP contribution is -2.51. The first kappa shape index (κ1) is 15.3. The van der Waals surface area contributed by atoms with Gasteiger partial charge in [-0.3, -0.25) is 0 Å². The van der Waals surface area contributed by atoms with E-state index >= 15 is 0 Å². The van der Waals surface area contributed by atoms with Gasteiger partial charge in [-0.1, -0.05) is 32.1 Å². The fraction of sp³-hybridized carbons (Fsp3) is 0.929. The molecule has 0 aliphatic heterocycles. The molecular formula is C14H28N2O2. The van der Waals surface area contributed by atoms with Gasteiger partial charge < -0.3 is 5.11 Å². The predicted molar refractivity (Wildman–Crippen MR) is 73.4 cm³/mol. The Bertz CT molecular complexity index is 255. The molecule has 0 spiro atoms. The molecule has 0 aromatic heterocycles. The maximum atomic E-state index is 11.1. The second kappa shape index (κ2) is 6.98. The molecule has 2 N–H and O–H groups in total. The molecule has 18 heavy (non-hydrogen) atoms. The molecule has 1 amide bonds. The summed E-state index contributed by atoms with van der Waals surface area (Å²) >= 11 is 0. The van der Waals surface area contributed by atoms with Crippen molar-refractivity contribution in [1.29, 1.82) is 0 Å². The van der Waals surface area contributed by atoms with E-state index in [1.54, 1.807) is 0 Å². The van der Waals surface area contributed by atoms with Crippen LogP contribution in [0.3, 0.4) is 0 Å². The lowest BCUT2D eigenvalue weighted by Gasteiger charge is -2.30. The van der Waals surface area contributed by atoms with E-state index in [0.29, 0.717) is 6.54 Å². The maximum Gasteiger partial charge on any atom is 0.421 e. The van der Waals surface area contributed by atoms with Gasteiger partial charge in [-0.15, -0.1) is 0 Å². The Labute approximate surface area is 111 Å². The van der Waals surface area contributed by atoms with Gasteiger partial charge in [-0.25, -0.2) is 15.2 Å². The first-order chi connectivity index (χ1) is 8.38. The van der Waals surface area contributed by atoms with Crippen LogP contribution in [0.2, 0.25) is 0 Å². The number of nitrogens with one attached hydrogen (secondary N) is 1. The standard InChI is InChI=1S/C14H28N2O2/c1-14(2,3)15-16(13(17)18)11-7-10-12-8-5-4-6-9-12/h12,15H,4-11H2,1-3H3,(H,17,18). The highest BCUT2D eigenvalue weighted by Crippen LogP contribution is 2.27. The first-order valence-electron chi connectivity index (χ1n) is 7.17. The summed E-state index contributed by atoms with van der Waals surface area (Å²) in [6, 6.07) is 0. The third-order valence-electron chi connectivity index (χ3n) is 3.42. The minimum Gasteiger partial charge on any atom is -0.464 e. The summed E-state index contributed by atoms with van der Waals surface area (Å²) in [6.45, 7) is 6.52. The quantitative estimate of drug-likeness (QED) is 0.738. The normalized spacial score (nSPS) is 17.7. The molecule has 4 nitrogen and oxygen atoms in total. The van der Waals surface area contributed by atoms with Crippen molar-refractivity contribution in [3.8, 4) is 0 Å². The third kappa shape index (κ3) is 6.24.